The average Bonchev–Trinajstić information content (AvgIpc) is 2.48. The molecular formula is C17H18ClNO3. The van der Waals surface area contributed by atoms with E-state index >= 15 is 0 Å². The molecule has 0 spiro atoms. The molecule has 2 aromatic carbocycles. The standard InChI is InChI=1S/C17H18ClNO3/c1-11-4-6-14(13(18)8-11)19-17(20)10-22-15-7-5-12(2)9-16(15)21-3/h4-9H,10H2,1-3H3,(H,19,20). The van der Waals surface area contributed by atoms with Gasteiger partial charge in [0.1, 0.15) is 0 Å². The predicted molar refractivity (Wildman–Crippen MR) is 88.0 cm³/mol. The van der Waals surface area contributed by atoms with Gasteiger partial charge in [-0.2, -0.15) is 0 Å². The van der Waals surface area contributed by atoms with Crippen molar-refractivity contribution < 1.29 is 14.3 Å². The second-order valence-corrected chi connectivity index (χ2v) is 5.38. The van der Waals surface area contributed by atoms with Crippen molar-refractivity contribution in [1.29, 1.82) is 0 Å². The number of aryl methyl sites for hydroxylation is 2. The Bertz CT molecular complexity index is 686. The first-order chi connectivity index (χ1) is 10.5. The zero-order valence-corrected chi connectivity index (χ0v) is 13.5. The zero-order valence-electron chi connectivity index (χ0n) is 12.8. The quantitative estimate of drug-likeness (QED) is 0.906. The molecule has 0 saturated carbocycles. The first kappa shape index (κ1) is 16.2. The molecule has 116 valence electrons. The third-order valence-electron chi connectivity index (χ3n) is 3.08. The molecule has 0 aromatic heterocycles. The van der Waals surface area contributed by atoms with Crippen LogP contribution in [0.25, 0.3) is 0 Å². The molecule has 2 aromatic rings. The van der Waals surface area contributed by atoms with Gasteiger partial charge in [0.2, 0.25) is 0 Å². The van der Waals surface area contributed by atoms with Crippen LogP contribution in [0.5, 0.6) is 11.5 Å². The van der Waals surface area contributed by atoms with Gasteiger partial charge in [0.15, 0.2) is 18.1 Å². The summed E-state index contributed by atoms with van der Waals surface area (Å²) >= 11 is 6.08. The summed E-state index contributed by atoms with van der Waals surface area (Å²) < 4.78 is 10.7. The smallest absolute Gasteiger partial charge is 0.262 e. The van der Waals surface area contributed by atoms with Crippen LogP contribution in [0.4, 0.5) is 5.69 Å². The van der Waals surface area contributed by atoms with Crippen LogP contribution in [-0.2, 0) is 4.79 Å². The van der Waals surface area contributed by atoms with Crippen LogP contribution < -0.4 is 14.8 Å². The number of hydrogen-bond acceptors (Lipinski definition) is 3. The van der Waals surface area contributed by atoms with Crippen molar-refractivity contribution in [2.45, 2.75) is 13.8 Å². The lowest BCUT2D eigenvalue weighted by Gasteiger charge is -2.12. The number of amides is 1. The van der Waals surface area contributed by atoms with Gasteiger partial charge in [-0.3, -0.25) is 4.79 Å². The molecule has 0 saturated heterocycles. The van der Waals surface area contributed by atoms with Crippen molar-refractivity contribution in [2.75, 3.05) is 19.0 Å². The summed E-state index contributed by atoms with van der Waals surface area (Å²) in [4.78, 5) is 12.0. The minimum atomic E-state index is -0.284. The second kappa shape index (κ2) is 7.18. The maximum atomic E-state index is 12.0. The monoisotopic (exact) mass is 319 g/mol. The van der Waals surface area contributed by atoms with E-state index in [0.717, 1.165) is 11.1 Å². The molecular weight excluding hydrogens is 302 g/mol. The Balaban J connectivity index is 1.98. The lowest BCUT2D eigenvalue weighted by Crippen LogP contribution is -2.20. The predicted octanol–water partition coefficient (Wildman–Crippen LogP) is 3.98. The Kier molecular flexibility index (Phi) is 5.28. The van der Waals surface area contributed by atoms with Crippen molar-refractivity contribution in [3.05, 3.63) is 52.5 Å². The summed E-state index contributed by atoms with van der Waals surface area (Å²) in [6, 6.07) is 11.0. The number of hydrogen-bond donors (Lipinski definition) is 1. The van der Waals surface area contributed by atoms with Crippen LogP contribution in [-0.4, -0.2) is 19.6 Å². The zero-order chi connectivity index (χ0) is 16.1. The fourth-order valence-electron chi connectivity index (χ4n) is 1.95. The van der Waals surface area contributed by atoms with Crippen LogP contribution in [0, 0.1) is 13.8 Å². The molecule has 0 aliphatic rings. The Morgan fingerprint density at radius 1 is 1.09 bits per heavy atom. The Morgan fingerprint density at radius 2 is 1.77 bits per heavy atom. The van der Waals surface area contributed by atoms with E-state index in [1.54, 1.807) is 25.3 Å². The summed E-state index contributed by atoms with van der Waals surface area (Å²) in [5.74, 6) is 0.841. The third-order valence-corrected chi connectivity index (χ3v) is 3.39. The van der Waals surface area contributed by atoms with Gasteiger partial charge in [-0.15, -0.1) is 0 Å². The van der Waals surface area contributed by atoms with Crippen LogP contribution in [0.3, 0.4) is 0 Å². The van der Waals surface area contributed by atoms with Crippen LogP contribution in [0.15, 0.2) is 36.4 Å². The highest BCUT2D eigenvalue weighted by Gasteiger charge is 2.09. The Hall–Kier alpha value is -2.20. The van der Waals surface area contributed by atoms with Gasteiger partial charge in [-0.1, -0.05) is 23.7 Å². The SMILES string of the molecule is COc1cc(C)ccc1OCC(=O)Nc1ccc(C)cc1Cl. The lowest BCUT2D eigenvalue weighted by atomic mass is 10.2. The lowest BCUT2D eigenvalue weighted by molar-refractivity contribution is -0.118. The van der Waals surface area contributed by atoms with E-state index < -0.39 is 0 Å². The largest absolute Gasteiger partial charge is 0.493 e. The number of benzene rings is 2. The molecule has 2 rings (SSSR count). The third kappa shape index (κ3) is 4.15. The minimum absolute atomic E-state index is 0.121. The number of anilines is 1. The van der Waals surface area contributed by atoms with E-state index in [9.17, 15) is 4.79 Å². The highest BCUT2D eigenvalue weighted by atomic mass is 35.5. The molecule has 0 fully saturated rings. The molecule has 4 nitrogen and oxygen atoms in total. The number of halogens is 1. The Morgan fingerprint density at radius 3 is 2.45 bits per heavy atom. The minimum Gasteiger partial charge on any atom is -0.493 e. The van der Waals surface area contributed by atoms with Gasteiger partial charge >= 0.3 is 0 Å². The summed E-state index contributed by atoms with van der Waals surface area (Å²) in [7, 11) is 1.56. The number of carbonyl (C=O) groups excluding carboxylic acids is 1. The molecule has 0 atom stereocenters. The molecule has 5 heteroatoms. The van der Waals surface area contributed by atoms with Crippen molar-refractivity contribution in [3.8, 4) is 11.5 Å². The van der Waals surface area contributed by atoms with E-state index in [0.29, 0.717) is 22.2 Å². The van der Waals surface area contributed by atoms with Crippen LogP contribution in [0.1, 0.15) is 11.1 Å². The highest BCUT2D eigenvalue weighted by molar-refractivity contribution is 6.33. The number of nitrogens with one attached hydrogen (secondary N) is 1. The van der Waals surface area contributed by atoms with E-state index in [1.807, 2.05) is 32.0 Å². The number of carbonyl (C=O) groups is 1. The van der Waals surface area contributed by atoms with Gasteiger partial charge in [0.25, 0.3) is 5.91 Å². The second-order valence-electron chi connectivity index (χ2n) is 4.97. The fraction of sp³-hybridized carbons (Fsp3) is 0.235. The van der Waals surface area contributed by atoms with Gasteiger partial charge in [0, 0.05) is 0 Å². The van der Waals surface area contributed by atoms with Crippen molar-refractivity contribution in [1.82, 2.24) is 0 Å². The van der Waals surface area contributed by atoms with Gasteiger partial charge in [0.05, 0.1) is 17.8 Å². The normalized spacial score (nSPS) is 10.2. The molecule has 1 amide bonds. The van der Waals surface area contributed by atoms with Crippen LogP contribution in [0.2, 0.25) is 5.02 Å². The van der Waals surface area contributed by atoms with Crippen molar-refractivity contribution >= 4 is 23.2 Å². The van der Waals surface area contributed by atoms with Crippen LogP contribution >= 0.6 is 11.6 Å². The number of ether oxygens (including phenoxy) is 2. The van der Waals surface area contributed by atoms with Gasteiger partial charge in [-0.05, 0) is 49.2 Å². The molecule has 1 N–H and O–H groups in total. The molecule has 0 heterocycles. The van der Waals surface area contributed by atoms with Gasteiger partial charge in [-0.25, -0.2) is 0 Å². The molecule has 0 radical (unpaired) electrons. The van der Waals surface area contributed by atoms with E-state index in [4.69, 9.17) is 21.1 Å². The maximum absolute atomic E-state index is 12.0. The molecule has 0 unspecified atom stereocenters. The van der Waals surface area contributed by atoms with E-state index in [1.165, 1.54) is 0 Å². The molecule has 0 aliphatic carbocycles. The van der Waals surface area contributed by atoms with Crippen molar-refractivity contribution in [3.63, 3.8) is 0 Å². The maximum Gasteiger partial charge on any atom is 0.262 e. The first-order valence-corrected chi connectivity index (χ1v) is 7.21. The van der Waals surface area contributed by atoms with E-state index in [2.05, 4.69) is 5.32 Å². The average molecular weight is 320 g/mol. The highest BCUT2D eigenvalue weighted by Crippen LogP contribution is 2.28. The summed E-state index contributed by atoms with van der Waals surface area (Å²) in [5, 5.41) is 3.22. The Labute approximate surface area is 135 Å². The topological polar surface area (TPSA) is 47.6 Å². The van der Waals surface area contributed by atoms with Crippen molar-refractivity contribution in [2.24, 2.45) is 0 Å². The first-order valence-electron chi connectivity index (χ1n) is 6.83. The number of methoxy groups -OCH3 is 1. The summed E-state index contributed by atoms with van der Waals surface area (Å²) in [5.41, 5.74) is 2.65. The molecule has 0 bridgehead atoms. The number of rotatable bonds is 5. The fourth-order valence-corrected chi connectivity index (χ4v) is 2.23. The molecule has 22 heavy (non-hydrogen) atoms. The van der Waals surface area contributed by atoms with Gasteiger partial charge < -0.3 is 14.8 Å². The summed E-state index contributed by atoms with van der Waals surface area (Å²) in [6.07, 6.45) is 0. The molecule has 0 aliphatic heterocycles. The summed E-state index contributed by atoms with van der Waals surface area (Å²) in [6.45, 7) is 3.77. The van der Waals surface area contributed by atoms with E-state index in [-0.39, 0.29) is 12.5 Å².